The van der Waals surface area contributed by atoms with Gasteiger partial charge in [0.15, 0.2) is 0 Å². The number of hydrogen-bond donors (Lipinski definition) is 1. The molecule has 0 spiro atoms. The van der Waals surface area contributed by atoms with Gasteiger partial charge in [-0.25, -0.2) is 0 Å². The summed E-state index contributed by atoms with van der Waals surface area (Å²) in [5.74, 6) is 1.09. The van der Waals surface area contributed by atoms with Crippen molar-refractivity contribution in [3.05, 3.63) is 48.0 Å². The Morgan fingerprint density at radius 3 is 2.67 bits per heavy atom. The summed E-state index contributed by atoms with van der Waals surface area (Å²) in [5, 5.41) is 11.4. The Labute approximate surface area is 106 Å². The van der Waals surface area contributed by atoms with Crippen molar-refractivity contribution in [3.8, 4) is 12.3 Å². The number of carbonyl (C=O) groups is 1. The first-order valence-electron chi connectivity index (χ1n) is 5.85. The van der Waals surface area contributed by atoms with E-state index in [1.807, 2.05) is 42.5 Å². The van der Waals surface area contributed by atoms with Crippen LogP contribution < -0.4 is 0 Å². The fourth-order valence-corrected chi connectivity index (χ4v) is 2.12. The Hall–Kier alpha value is -2.27. The molecule has 0 saturated heterocycles. The summed E-state index contributed by atoms with van der Waals surface area (Å²) >= 11 is 0. The fourth-order valence-electron chi connectivity index (χ4n) is 2.12. The molecule has 0 saturated carbocycles. The van der Waals surface area contributed by atoms with Crippen LogP contribution in [0.15, 0.2) is 42.5 Å². The van der Waals surface area contributed by atoms with Crippen molar-refractivity contribution in [2.45, 2.75) is 12.8 Å². The Kier molecular flexibility index (Phi) is 3.64. The topological polar surface area (TPSA) is 37.3 Å². The van der Waals surface area contributed by atoms with Gasteiger partial charge in [0.25, 0.3) is 0 Å². The van der Waals surface area contributed by atoms with Gasteiger partial charge in [-0.3, -0.25) is 4.79 Å². The maximum Gasteiger partial charge on any atom is 0.307 e. The SMILES string of the molecule is C#CC[C@H](Cc1cccc2ccccc12)C(=O)O. The summed E-state index contributed by atoms with van der Waals surface area (Å²) in [4.78, 5) is 11.1. The highest BCUT2D eigenvalue weighted by Gasteiger charge is 2.17. The molecule has 0 unspecified atom stereocenters. The Morgan fingerprint density at radius 2 is 1.94 bits per heavy atom. The van der Waals surface area contributed by atoms with E-state index in [-0.39, 0.29) is 6.42 Å². The van der Waals surface area contributed by atoms with Crippen molar-refractivity contribution in [3.63, 3.8) is 0 Å². The second-order valence-electron chi connectivity index (χ2n) is 4.29. The Bertz CT molecular complexity index is 603. The van der Waals surface area contributed by atoms with E-state index in [1.165, 1.54) is 0 Å². The lowest BCUT2D eigenvalue weighted by Crippen LogP contribution is -2.16. The van der Waals surface area contributed by atoms with Gasteiger partial charge in [0, 0.05) is 6.42 Å². The van der Waals surface area contributed by atoms with Crippen LogP contribution in [-0.4, -0.2) is 11.1 Å². The minimum atomic E-state index is -0.833. The minimum absolute atomic E-state index is 0.262. The highest BCUT2D eigenvalue weighted by Crippen LogP contribution is 2.22. The van der Waals surface area contributed by atoms with Crippen molar-refractivity contribution in [2.75, 3.05) is 0 Å². The standard InChI is InChI=1S/C16H14O2/c1-2-6-14(16(17)18)11-13-9-5-8-12-7-3-4-10-15(12)13/h1,3-5,7-10,14H,6,11H2,(H,17,18)/t14-/m1/s1. The number of aliphatic carboxylic acids is 1. The summed E-state index contributed by atoms with van der Waals surface area (Å²) in [6.07, 6.45) is 5.96. The molecule has 1 atom stereocenters. The van der Waals surface area contributed by atoms with E-state index in [9.17, 15) is 4.79 Å². The van der Waals surface area contributed by atoms with Gasteiger partial charge in [-0.2, -0.15) is 0 Å². The molecule has 0 amide bonds. The summed E-state index contributed by atoms with van der Waals surface area (Å²) in [5.41, 5.74) is 1.04. The van der Waals surface area contributed by atoms with Crippen LogP contribution in [0.25, 0.3) is 10.8 Å². The molecule has 18 heavy (non-hydrogen) atoms. The van der Waals surface area contributed by atoms with Gasteiger partial charge < -0.3 is 5.11 Å². The highest BCUT2D eigenvalue weighted by atomic mass is 16.4. The maximum atomic E-state index is 11.1. The summed E-state index contributed by atoms with van der Waals surface area (Å²) in [7, 11) is 0. The lowest BCUT2D eigenvalue weighted by atomic mass is 9.93. The van der Waals surface area contributed by atoms with Gasteiger partial charge in [0.2, 0.25) is 0 Å². The zero-order valence-electron chi connectivity index (χ0n) is 9.97. The zero-order chi connectivity index (χ0) is 13.0. The van der Waals surface area contributed by atoms with Crippen LogP contribution in [0.3, 0.4) is 0 Å². The van der Waals surface area contributed by atoms with Crippen LogP contribution in [0.5, 0.6) is 0 Å². The van der Waals surface area contributed by atoms with E-state index in [1.54, 1.807) is 0 Å². The van der Waals surface area contributed by atoms with Crippen molar-refractivity contribution in [2.24, 2.45) is 5.92 Å². The highest BCUT2D eigenvalue weighted by molar-refractivity contribution is 5.86. The van der Waals surface area contributed by atoms with Crippen molar-refractivity contribution >= 4 is 16.7 Å². The predicted octanol–water partition coefficient (Wildman–Crippen LogP) is 3.11. The van der Waals surface area contributed by atoms with Crippen LogP contribution in [0.1, 0.15) is 12.0 Å². The fraction of sp³-hybridized carbons (Fsp3) is 0.188. The molecule has 2 nitrogen and oxygen atoms in total. The van der Waals surface area contributed by atoms with Crippen molar-refractivity contribution < 1.29 is 9.90 Å². The molecule has 0 aromatic heterocycles. The molecule has 0 radical (unpaired) electrons. The molecule has 0 aliphatic carbocycles. The number of fused-ring (bicyclic) bond motifs is 1. The molecule has 2 aromatic carbocycles. The van der Waals surface area contributed by atoms with Gasteiger partial charge >= 0.3 is 5.97 Å². The van der Waals surface area contributed by atoms with E-state index in [2.05, 4.69) is 5.92 Å². The van der Waals surface area contributed by atoms with Crippen LogP contribution in [0, 0.1) is 18.3 Å². The first-order valence-corrected chi connectivity index (χ1v) is 5.85. The number of hydrogen-bond acceptors (Lipinski definition) is 1. The molecule has 2 rings (SSSR count). The molecule has 1 N–H and O–H groups in total. The number of rotatable bonds is 4. The molecule has 90 valence electrons. The van der Waals surface area contributed by atoms with Gasteiger partial charge in [-0.15, -0.1) is 12.3 Å². The van der Waals surface area contributed by atoms with E-state index >= 15 is 0 Å². The molecule has 0 aliphatic heterocycles. The number of carboxylic acids is 1. The average Bonchev–Trinajstić information content (AvgIpc) is 2.38. The third-order valence-corrected chi connectivity index (χ3v) is 3.06. The molecule has 0 fully saturated rings. The van der Waals surface area contributed by atoms with Crippen molar-refractivity contribution in [1.82, 2.24) is 0 Å². The third-order valence-electron chi connectivity index (χ3n) is 3.06. The molecule has 2 heteroatoms. The Balaban J connectivity index is 2.36. The van der Waals surface area contributed by atoms with Gasteiger partial charge in [-0.1, -0.05) is 42.5 Å². The zero-order valence-corrected chi connectivity index (χ0v) is 9.97. The summed E-state index contributed by atoms with van der Waals surface area (Å²) in [6, 6.07) is 13.9. The van der Waals surface area contributed by atoms with Gasteiger partial charge in [0.05, 0.1) is 5.92 Å². The average molecular weight is 238 g/mol. The Morgan fingerprint density at radius 1 is 1.22 bits per heavy atom. The van der Waals surface area contributed by atoms with Crippen LogP contribution in [-0.2, 0) is 11.2 Å². The molecule has 0 aliphatic rings. The molecule has 0 bridgehead atoms. The molecule has 2 aromatic rings. The maximum absolute atomic E-state index is 11.1. The van der Waals surface area contributed by atoms with E-state index in [0.29, 0.717) is 6.42 Å². The molecular formula is C16H14O2. The smallest absolute Gasteiger partial charge is 0.307 e. The van der Waals surface area contributed by atoms with E-state index in [0.717, 1.165) is 16.3 Å². The first kappa shape index (κ1) is 12.2. The van der Waals surface area contributed by atoms with Gasteiger partial charge in [0.1, 0.15) is 0 Å². The second kappa shape index (κ2) is 5.37. The van der Waals surface area contributed by atoms with Crippen LogP contribution in [0.2, 0.25) is 0 Å². The number of carboxylic acid groups (broad SMARTS) is 1. The third kappa shape index (κ3) is 2.52. The monoisotopic (exact) mass is 238 g/mol. The van der Waals surface area contributed by atoms with Crippen LogP contribution >= 0.6 is 0 Å². The van der Waals surface area contributed by atoms with Gasteiger partial charge in [-0.05, 0) is 22.8 Å². The summed E-state index contributed by atoms with van der Waals surface area (Å²) < 4.78 is 0. The second-order valence-corrected chi connectivity index (χ2v) is 4.29. The van der Waals surface area contributed by atoms with Crippen LogP contribution in [0.4, 0.5) is 0 Å². The quantitative estimate of drug-likeness (QED) is 0.831. The van der Waals surface area contributed by atoms with E-state index < -0.39 is 11.9 Å². The molecule has 0 heterocycles. The lowest BCUT2D eigenvalue weighted by Gasteiger charge is -2.11. The minimum Gasteiger partial charge on any atom is -0.481 e. The summed E-state index contributed by atoms with van der Waals surface area (Å²) in [6.45, 7) is 0. The molecular weight excluding hydrogens is 224 g/mol. The lowest BCUT2D eigenvalue weighted by molar-refractivity contribution is -0.141. The first-order chi connectivity index (χ1) is 8.72. The number of terminal acetylenes is 1. The van der Waals surface area contributed by atoms with Crippen molar-refractivity contribution in [1.29, 1.82) is 0 Å². The predicted molar refractivity (Wildman–Crippen MR) is 72.2 cm³/mol. The number of benzene rings is 2. The normalized spacial score (nSPS) is 11.9. The van der Waals surface area contributed by atoms with E-state index in [4.69, 9.17) is 11.5 Å². The largest absolute Gasteiger partial charge is 0.481 e.